The Kier molecular flexibility index (Phi) is 8.58. The number of carbonyl (C=O) groups excluding carboxylic acids is 4. The van der Waals surface area contributed by atoms with E-state index >= 15 is 0 Å². The molecule has 3 aliphatic rings. The summed E-state index contributed by atoms with van der Waals surface area (Å²) in [5.74, 6) is 2.25. The van der Waals surface area contributed by atoms with Gasteiger partial charge in [0.1, 0.15) is 11.5 Å². The lowest BCUT2D eigenvalue weighted by Gasteiger charge is -2.28. The van der Waals surface area contributed by atoms with Crippen molar-refractivity contribution in [1.82, 2.24) is 10.6 Å². The van der Waals surface area contributed by atoms with E-state index in [-0.39, 0.29) is 32.8 Å². The van der Waals surface area contributed by atoms with Crippen molar-refractivity contribution in [3.63, 3.8) is 0 Å². The van der Waals surface area contributed by atoms with Crippen molar-refractivity contribution in [2.45, 2.75) is 49.0 Å². The molecule has 2 atom stereocenters. The fraction of sp³-hybridized carbons (Fsp3) is 0.429. The number of hydrogen-bond donors (Lipinski definition) is 2. The smallest absolute Gasteiger partial charge is 0.286 e. The molecule has 2 N–H and O–H groups in total. The second kappa shape index (κ2) is 12.3. The Morgan fingerprint density at radius 2 is 0.974 bits per heavy atom. The molecule has 0 bridgehead atoms. The minimum absolute atomic E-state index is 0.218. The van der Waals surface area contributed by atoms with E-state index in [0.29, 0.717) is 37.9 Å². The maximum Gasteiger partial charge on any atom is 0.286 e. The molecule has 2 aliphatic heterocycles. The largest absolute Gasteiger partial charge is 0.493 e. The maximum atomic E-state index is 11.7. The molecule has 4 amide bonds. The first-order valence-electron chi connectivity index (χ1n) is 12.9. The Balaban J connectivity index is 0.984. The lowest BCUT2D eigenvalue weighted by Crippen LogP contribution is -2.25. The Bertz CT molecular complexity index is 1090. The molecule has 3 fully saturated rings. The third kappa shape index (κ3) is 7.11. The molecule has 2 saturated heterocycles. The molecule has 0 spiro atoms. The van der Waals surface area contributed by atoms with Crippen LogP contribution in [0.2, 0.25) is 0 Å². The van der Waals surface area contributed by atoms with Crippen molar-refractivity contribution in [3.05, 3.63) is 59.7 Å². The fourth-order valence-electron chi connectivity index (χ4n) is 4.92. The number of benzene rings is 2. The molecule has 5 rings (SSSR count). The molecule has 2 unspecified atom stereocenters. The number of thioether (sulfide) groups is 2. The van der Waals surface area contributed by atoms with Crippen LogP contribution >= 0.6 is 23.5 Å². The van der Waals surface area contributed by atoms with Gasteiger partial charge in [-0.15, -0.1) is 0 Å². The van der Waals surface area contributed by atoms with Crippen molar-refractivity contribution in [1.29, 1.82) is 0 Å². The van der Waals surface area contributed by atoms with Crippen molar-refractivity contribution in [2.75, 3.05) is 13.2 Å². The molecule has 1 aliphatic carbocycles. The summed E-state index contributed by atoms with van der Waals surface area (Å²) in [5.41, 5.74) is 2.01. The van der Waals surface area contributed by atoms with Crippen molar-refractivity contribution < 1.29 is 28.7 Å². The number of rotatable bonds is 10. The molecule has 10 heteroatoms. The van der Waals surface area contributed by atoms with Crippen LogP contribution in [0.15, 0.2) is 48.5 Å². The minimum Gasteiger partial charge on any atom is -0.493 e. The van der Waals surface area contributed by atoms with Crippen LogP contribution < -0.4 is 20.1 Å². The Labute approximate surface area is 230 Å². The molecule has 0 radical (unpaired) electrons. The van der Waals surface area contributed by atoms with E-state index in [9.17, 15) is 19.2 Å². The van der Waals surface area contributed by atoms with Crippen LogP contribution in [0.5, 0.6) is 11.5 Å². The van der Waals surface area contributed by atoms with Crippen LogP contribution in [0, 0.1) is 11.8 Å². The third-order valence-corrected chi connectivity index (χ3v) is 9.12. The van der Waals surface area contributed by atoms with Gasteiger partial charge < -0.3 is 9.47 Å². The van der Waals surface area contributed by atoms with E-state index < -0.39 is 0 Å². The second-order valence-corrected chi connectivity index (χ2v) is 12.3. The highest BCUT2D eigenvalue weighted by Gasteiger charge is 2.32. The van der Waals surface area contributed by atoms with Crippen LogP contribution in [0.4, 0.5) is 9.59 Å². The molecule has 200 valence electrons. The average molecular weight is 555 g/mol. The van der Waals surface area contributed by atoms with Gasteiger partial charge in [0.2, 0.25) is 11.8 Å². The van der Waals surface area contributed by atoms with Crippen molar-refractivity contribution >= 4 is 45.8 Å². The summed E-state index contributed by atoms with van der Waals surface area (Å²) in [6, 6.07) is 15.5. The molecule has 8 nitrogen and oxygen atoms in total. The predicted octanol–water partition coefficient (Wildman–Crippen LogP) is 4.74. The van der Waals surface area contributed by atoms with Gasteiger partial charge in [-0.05, 0) is 85.8 Å². The average Bonchev–Trinajstić information content (AvgIpc) is 3.41. The quantitative estimate of drug-likeness (QED) is 0.433. The highest BCUT2D eigenvalue weighted by molar-refractivity contribution is 8.15. The monoisotopic (exact) mass is 554 g/mol. The zero-order valence-corrected chi connectivity index (χ0v) is 22.5. The SMILES string of the molecule is O=C1NC(=O)C(Cc2ccc(OCC3CCC(COc4ccc(CC5SC(=O)NC5=O)cc4)CC3)cc2)S1. The number of carbonyl (C=O) groups is 4. The topological polar surface area (TPSA) is 111 Å². The van der Waals surface area contributed by atoms with Gasteiger partial charge in [-0.1, -0.05) is 47.8 Å². The number of imide groups is 2. The highest BCUT2D eigenvalue weighted by atomic mass is 32.2. The van der Waals surface area contributed by atoms with Gasteiger partial charge in [-0.3, -0.25) is 29.8 Å². The molecule has 38 heavy (non-hydrogen) atoms. The second-order valence-electron chi connectivity index (χ2n) is 9.97. The predicted molar refractivity (Wildman–Crippen MR) is 147 cm³/mol. The van der Waals surface area contributed by atoms with Crippen molar-refractivity contribution in [2.24, 2.45) is 11.8 Å². The first-order valence-corrected chi connectivity index (χ1v) is 14.6. The van der Waals surface area contributed by atoms with Gasteiger partial charge in [0.05, 0.1) is 23.7 Å². The van der Waals surface area contributed by atoms with E-state index in [1.807, 2.05) is 48.5 Å². The molecule has 1 saturated carbocycles. The molecular weight excluding hydrogens is 524 g/mol. The number of nitrogens with one attached hydrogen (secondary N) is 2. The van der Waals surface area contributed by atoms with E-state index in [0.717, 1.165) is 71.8 Å². The van der Waals surface area contributed by atoms with Gasteiger partial charge in [-0.2, -0.15) is 0 Å². The number of ether oxygens (including phenoxy) is 2. The lowest BCUT2D eigenvalue weighted by molar-refractivity contribution is -0.119. The summed E-state index contributed by atoms with van der Waals surface area (Å²) >= 11 is 2.10. The summed E-state index contributed by atoms with van der Waals surface area (Å²) in [6.45, 7) is 1.37. The molecule has 0 aromatic heterocycles. The summed E-state index contributed by atoms with van der Waals surface area (Å²) < 4.78 is 12.1. The number of hydrogen-bond acceptors (Lipinski definition) is 8. The van der Waals surface area contributed by atoms with Gasteiger partial charge in [0.25, 0.3) is 10.5 Å². The Morgan fingerprint density at radius 1 is 0.605 bits per heavy atom. The van der Waals surface area contributed by atoms with Crippen LogP contribution in [-0.4, -0.2) is 46.0 Å². The summed E-state index contributed by atoms with van der Waals surface area (Å²) in [6.07, 6.45) is 5.47. The van der Waals surface area contributed by atoms with Crippen LogP contribution in [-0.2, 0) is 22.4 Å². The first-order chi connectivity index (χ1) is 18.4. The van der Waals surface area contributed by atoms with E-state index in [1.54, 1.807) is 0 Å². The van der Waals surface area contributed by atoms with Crippen LogP contribution in [0.3, 0.4) is 0 Å². The molecule has 2 aromatic rings. The van der Waals surface area contributed by atoms with Gasteiger partial charge >= 0.3 is 0 Å². The van der Waals surface area contributed by atoms with E-state index in [4.69, 9.17) is 9.47 Å². The molecule has 2 aromatic carbocycles. The standard InChI is InChI=1S/C28H30N2O6S2/c31-25-23(37-27(33)29-25)13-17-5-9-21(10-6-17)35-15-19-1-2-20(4-3-19)16-36-22-11-7-18(8-12-22)14-24-26(32)30-28(34)38-24/h5-12,19-20,23-24H,1-4,13-16H2,(H,29,31,33)(H,30,32,34). The number of amides is 4. The molecular formula is C28H30N2O6S2. The van der Waals surface area contributed by atoms with Crippen LogP contribution in [0.25, 0.3) is 0 Å². The summed E-state index contributed by atoms with van der Waals surface area (Å²) in [4.78, 5) is 46.1. The zero-order valence-electron chi connectivity index (χ0n) is 20.9. The fourth-order valence-corrected chi connectivity index (χ4v) is 6.64. The van der Waals surface area contributed by atoms with Gasteiger partial charge in [-0.25, -0.2) is 0 Å². The van der Waals surface area contributed by atoms with Crippen LogP contribution in [0.1, 0.15) is 36.8 Å². The minimum atomic E-state index is -0.355. The summed E-state index contributed by atoms with van der Waals surface area (Å²) in [7, 11) is 0. The van der Waals surface area contributed by atoms with E-state index in [2.05, 4.69) is 10.6 Å². The Hall–Kier alpha value is -2.98. The molecule has 2 heterocycles. The highest BCUT2D eigenvalue weighted by Crippen LogP contribution is 2.31. The van der Waals surface area contributed by atoms with Gasteiger partial charge in [0, 0.05) is 0 Å². The van der Waals surface area contributed by atoms with E-state index in [1.165, 1.54) is 0 Å². The first kappa shape index (κ1) is 26.6. The van der Waals surface area contributed by atoms with Gasteiger partial charge in [0.15, 0.2) is 0 Å². The normalized spacial score (nSPS) is 25.3. The zero-order chi connectivity index (χ0) is 26.5. The third-order valence-electron chi connectivity index (χ3n) is 7.16. The maximum absolute atomic E-state index is 11.7. The lowest BCUT2D eigenvalue weighted by atomic mass is 9.83. The Morgan fingerprint density at radius 3 is 1.29 bits per heavy atom. The summed E-state index contributed by atoms with van der Waals surface area (Å²) in [5, 5.41) is 3.38. The van der Waals surface area contributed by atoms with Crippen molar-refractivity contribution in [3.8, 4) is 11.5 Å².